The molecule has 2 rings (SSSR count). The molecule has 0 aliphatic heterocycles. The van der Waals surface area contributed by atoms with Crippen LogP contribution in [-0.2, 0) is 0 Å². The van der Waals surface area contributed by atoms with E-state index in [-0.39, 0.29) is 5.76 Å². The number of benzene rings is 1. The molecule has 0 radical (unpaired) electrons. The van der Waals surface area contributed by atoms with Crippen molar-refractivity contribution in [2.75, 3.05) is 18.5 Å². The van der Waals surface area contributed by atoms with Gasteiger partial charge in [0.05, 0.1) is 6.07 Å². The fraction of sp³-hybridized carbons (Fsp3) is 0.154. The Morgan fingerprint density at radius 2 is 2.00 bits per heavy atom. The molecule has 1 aromatic carbocycles. The van der Waals surface area contributed by atoms with Crippen LogP contribution < -0.4 is 15.8 Å². The van der Waals surface area contributed by atoms with Crippen LogP contribution in [0.5, 0.6) is 5.75 Å². The number of hydrogen-bond acceptors (Lipinski definition) is 6. The van der Waals surface area contributed by atoms with E-state index < -0.39 is 16.7 Å². The lowest BCUT2D eigenvalue weighted by Crippen LogP contribution is -2.11. The number of furan rings is 1. The summed E-state index contributed by atoms with van der Waals surface area (Å²) in [5.41, 5.74) is 5.83. The highest BCUT2D eigenvalue weighted by Crippen LogP contribution is 2.19. The number of amides is 1. The molecule has 8 heteroatoms. The summed E-state index contributed by atoms with van der Waals surface area (Å²) in [4.78, 5) is 21.6. The lowest BCUT2D eigenvalue weighted by atomic mass is 10.3. The van der Waals surface area contributed by atoms with Crippen LogP contribution in [0.15, 0.2) is 40.8 Å². The van der Waals surface area contributed by atoms with Gasteiger partial charge in [-0.05, 0) is 30.3 Å². The zero-order valence-electron chi connectivity index (χ0n) is 10.9. The van der Waals surface area contributed by atoms with Gasteiger partial charge in [-0.2, -0.15) is 0 Å². The summed E-state index contributed by atoms with van der Waals surface area (Å²) in [5, 5.41) is 13.0. The lowest BCUT2D eigenvalue weighted by Gasteiger charge is -2.06. The number of nitro groups is 1. The number of carbonyl (C=O) groups is 1. The number of carbonyl (C=O) groups excluding carboxylic acids is 1. The van der Waals surface area contributed by atoms with Gasteiger partial charge in [-0.1, -0.05) is 0 Å². The van der Waals surface area contributed by atoms with Gasteiger partial charge in [0.15, 0.2) is 5.76 Å². The van der Waals surface area contributed by atoms with Crippen LogP contribution in [0, 0.1) is 10.1 Å². The molecule has 0 spiro atoms. The second-order valence-electron chi connectivity index (χ2n) is 4.01. The quantitative estimate of drug-likeness (QED) is 0.618. The van der Waals surface area contributed by atoms with E-state index in [4.69, 9.17) is 14.9 Å². The number of nitrogens with one attached hydrogen (secondary N) is 1. The van der Waals surface area contributed by atoms with E-state index in [1.54, 1.807) is 24.3 Å². The first-order chi connectivity index (χ1) is 10.1. The summed E-state index contributed by atoms with van der Waals surface area (Å²) < 4.78 is 10.1. The summed E-state index contributed by atoms with van der Waals surface area (Å²) in [6.45, 7) is 0.817. The first-order valence-electron chi connectivity index (χ1n) is 6.08. The lowest BCUT2D eigenvalue weighted by molar-refractivity contribution is -0.402. The summed E-state index contributed by atoms with van der Waals surface area (Å²) in [5.74, 6) is -0.554. The number of nitrogens with two attached hydrogens (primary N) is 1. The summed E-state index contributed by atoms with van der Waals surface area (Å²) in [6, 6.07) is 9.00. The molecule has 0 fully saturated rings. The second-order valence-corrected chi connectivity index (χ2v) is 4.01. The van der Waals surface area contributed by atoms with E-state index in [9.17, 15) is 14.9 Å². The van der Waals surface area contributed by atoms with E-state index in [0.717, 1.165) is 6.07 Å². The summed E-state index contributed by atoms with van der Waals surface area (Å²) in [7, 11) is 0. The van der Waals surface area contributed by atoms with Gasteiger partial charge in [-0.3, -0.25) is 14.9 Å². The molecule has 0 saturated carbocycles. The van der Waals surface area contributed by atoms with Gasteiger partial charge in [0.2, 0.25) is 0 Å². The topological polar surface area (TPSA) is 121 Å². The Morgan fingerprint density at radius 3 is 2.57 bits per heavy atom. The van der Waals surface area contributed by atoms with Crippen molar-refractivity contribution in [3.05, 3.63) is 52.3 Å². The maximum atomic E-state index is 11.8. The zero-order chi connectivity index (χ0) is 15.2. The van der Waals surface area contributed by atoms with Crippen molar-refractivity contribution in [2.24, 2.45) is 5.73 Å². The Labute approximate surface area is 119 Å². The van der Waals surface area contributed by atoms with Crippen LogP contribution in [-0.4, -0.2) is 24.0 Å². The third-order valence-corrected chi connectivity index (χ3v) is 2.49. The smallest absolute Gasteiger partial charge is 0.433 e. The van der Waals surface area contributed by atoms with Crippen molar-refractivity contribution in [3.63, 3.8) is 0 Å². The molecule has 2 aromatic rings. The maximum absolute atomic E-state index is 11.8. The molecule has 1 heterocycles. The Kier molecular flexibility index (Phi) is 4.52. The van der Waals surface area contributed by atoms with Gasteiger partial charge < -0.3 is 20.2 Å². The van der Waals surface area contributed by atoms with E-state index in [0.29, 0.717) is 24.6 Å². The molecule has 1 amide bonds. The number of nitrogens with zero attached hydrogens (tertiary/aromatic N) is 1. The molecule has 0 aliphatic carbocycles. The molecule has 8 nitrogen and oxygen atoms in total. The molecule has 0 aliphatic rings. The summed E-state index contributed by atoms with van der Waals surface area (Å²) in [6.07, 6.45) is 0. The van der Waals surface area contributed by atoms with Gasteiger partial charge in [0.1, 0.15) is 17.3 Å². The highest BCUT2D eigenvalue weighted by atomic mass is 16.6. The Hall–Kier alpha value is -2.87. The minimum Gasteiger partial charge on any atom is -0.492 e. The molecule has 110 valence electrons. The van der Waals surface area contributed by atoms with Crippen LogP contribution in [0.2, 0.25) is 0 Å². The van der Waals surface area contributed by atoms with Gasteiger partial charge in [-0.15, -0.1) is 0 Å². The molecule has 0 bridgehead atoms. The van der Waals surface area contributed by atoms with Crippen molar-refractivity contribution in [2.45, 2.75) is 0 Å². The average Bonchev–Trinajstić information content (AvgIpc) is 2.97. The van der Waals surface area contributed by atoms with Crippen molar-refractivity contribution in [1.29, 1.82) is 0 Å². The van der Waals surface area contributed by atoms with Crippen LogP contribution in [0.3, 0.4) is 0 Å². The Balaban J connectivity index is 2.00. The van der Waals surface area contributed by atoms with Gasteiger partial charge >= 0.3 is 5.88 Å². The van der Waals surface area contributed by atoms with Gasteiger partial charge in [-0.25, -0.2) is 0 Å². The molecular formula is C13H13N3O5. The minimum absolute atomic E-state index is 0.134. The van der Waals surface area contributed by atoms with Crippen molar-refractivity contribution in [3.8, 4) is 5.75 Å². The minimum atomic E-state index is -0.708. The zero-order valence-corrected chi connectivity index (χ0v) is 10.9. The number of anilines is 1. The van der Waals surface area contributed by atoms with Gasteiger partial charge in [0, 0.05) is 12.2 Å². The third kappa shape index (κ3) is 3.80. The van der Waals surface area contributed by atoms with Crippen LogP contribution in [0.4, 0.5) is 11.6 Å². The monoisotopic (exact) mass is 291 g/mol. The predicted octanol–water partition coefficient (Wildman–Crippen LogP) is 1.78. The highest BCUT2D eigenvalue weighted by Gasteiger charge is 2.17. The molecule has 0 saturated heterocycles. The SMILES string of the molecule is NCCOc1ccc(NC(=O)c2ccc([N+](=O)[O-])o2)cc1. The fourth-order valence-electron chi connectivity index (χ4n) is 1.55. The third-order valence-electron chi connectivity index (χ3n) is 2.49. The summed E-state index contributed by atoms with van der Waals surface area (Å²) >= 11 is 0. The normalized spacial score (nSPS) is 10.1. The highest BCUT2D eigenvalue weighted by molar-refractivity contribution is 6.02. The fourth-order valence-corrected chi connectivity index (χ4v) is 1.55. The van der Waals surface area contributed by atoms with E-state index in [1.165, 1.54) is 6.07 Å². The Bertz CT molecular complexity index is 636. The van der Waals surface area contributed by atoms with Crippen LogP contribution >= 0.6 is 0 Å². The molecule has 21 heavy (non-hydrogen) atoms. The molecule has 0 atom stereocenters. The second kappa shape index (κ2) is 6.53. The molecule has 0 unspecified atom stereocenters. The number of hydrogen-bond donors (Lipinski definition) is 2. The van der Waals surface area contributed by atoms with E-state index in [2.05, 4.69) is 5.32 Å². The number of rotatable bonds is 6. The van der Waals surface area contributed by atoms with Crippen molar-refractivity contribution in [1.82, 2.24) is 0 Å². The molecule has 3 N–H and O–H groups in total. The van der Waals surface area contributed by atoms with E-state index in [1.807, 2.05) is 0 Å². The predicted molar refractivity (Wildman–Crippen MR) is 74.3 cm³/mol. The molecule has 1 aromatic heterocycles. The van der Waals surface area contributed by atoms with E-state index >= 15 is 0 Å². The average molecular weight is 291 g/mol. The van der Waals surface area contributed by atoms with Gasteiger partial charge in [0.25, 0.3) is 5.91 Å². The van der Waals surface area contributed by atoms with Crippen molar-refractivity contribution >= 4 is 17.5 Å². The Morgan fingerprint density at radius 1 is 1.29 bits per heavy atom. The maximum Gasteiger partial charge on any atom is 0.433 e. The van der Waals surface area contributed by atoms with Crippen LogP contribution in [0.1, 0.15) is 10.6 Å². The van der Waals surface area contributed by atoms with Crippen LogP contribution in [0.25, 0.3) is 0 Å². The standard InChI is InChI=1S/C13H13N3O5/c14-7-8-20-10-3-1-9(2-4-10)15-13(17)11-5-6-12(21-11)16(18)19/h1-6H,7-8,14H2,(H,15,17). The first-order valence-corrected chi connectivity index (χ1v) is 6.08. The largest absolute Gasteiger partial charge is 0.492 e. The van der Waals surface area contributed by atoms with Crippen molar-refractivity contribution < 1.29 is 18.9 Å². The molecular weight excluding hydrogens is 278 g/mol. The number of ether oxygens (including phenoxy) is 1. The first kappa shape index (κ1) is 14.5.